The smallest absolute Gasteiger partial charge is 0.338 e. The number of fused-ring (bicyclic) bond motifs is 1. The zero-order chi connectivity index (χ0) is 27.1. The van der Waals surface area contributed by atoms with E-state index in [9.17, 15) is 9.59 Å². The lowest BCUT2D eigenvalue weighted by molar-refractivity contribution is -0.138. The van der Waals surface area contributed by atoms with Gasteiger partial charge in [0.05, 0.1) is 51.2 Å². The molecule has 3 aliphatic heterocycles. The molecule has 0 unspecified atom stereocenters. The third-order valence-corrected chi connectivity index (χ3v) is 7.37. The van der Waals surface area contributed by atoms with Crippen LogP contribution < -0.4 is 14.8 Å². The Morgan fingerprint density at radius 3 is 2.76 bits per heavy atom. The van der Waals surface area contributed by atoms with E-state index in [-0.39, 0.29) is 18.9 Å². The molecule has 3 heterocycles. The Morgan fingerprint density at radius 2 is 2.05 bits per heavy atom. The third kappa shape index (κ3) is 6.23. The first kappa shape index (κ1) is 27.7. The van der Waals surface area contributed by atoms with E-state index in [2.05, 4.69) is 16.8 Å². The minimum Gasteiger partial charge on any atom is -0.497 e. The Labute approximate surface area is 227 Å². The number of nitrogens with one attached hydrogen (secondary N) is 1. The number of carbonyl (C=O) groups excluding carboxylic acids is 2. The second kappa shape index (κ2) is 13.0. The van der Waals surface area contributed by atoms with Crippen molar-refractivity contribution in [2.24, 2.45) is 4.99 Å². The quantitative estimate of drug-likeness (QED) is 0.334. The molecule has 0 bridgehead atoms. The van der Waals surface area contributed by atoms with Crippen LogP contribution in [0, 0.1) is 0 Å². The van der Waals surface area contributed by atoms with E-state index in [4.69, 9.17) is 23.9 Å². The highest BCUT2D eigenvalue weighted by Crippen LogP contribution is 2.47. The van der Waals surface area contributed by atoms with Crippen LogP contribution >= 0.6 is 11.8 Å². The van der Waals surface area contributed by atoms with Crippen LogP contribution in [0.3, 0.4) is 0 Å². The monoisotopic (exact) mass is 542 g/mol. The highest BCUT2D eigenvalue weighted by atomic mass is 32.2. The number of hydrogen-bond acceptors (Lipinski definition) is 10. The van der Waals surface area contributed by atoms with E-state index >= 15 is 0 Å². The molecule has 1 fully saturated rings. The molecule has 1 atom stereocenters. The van der Waals surface area contributed by atoms with Crippen molar-refractivity contribution in [3.8, 4) is 11.5 Å². The number of amides is 1. The first-order valence-electron chi connectivity index (χ1n) is 12.5. The molecule has 4 rings (SSSR count). The predicted octanol–water partition coefficient (Wildman–Crippen LogP) is 2.85. The molecule has 38 heavy (non-hydrogen) atoms. The second-order valence-corrected chi connectivity index (χ2v) is 9.71. The third-order valence-electron chi connectivity index (χ3n) is 6.48. The Hall–Kier alpha value is -3.28. The molecule has 0 saturated carbocycles. The van der Waals surface area contributed by atoms with Crippen LogP contribution in [-0.4, -0.2) is 87.1 Å². The van der Waals surface area contributed by atoms with Crippen molar-refractivity contribution in [3.63, 3.8) is 0 Å². The maximum absolute atomic E-state index is 13.3. The van der Waals surface area contributed by atoms with Crippen LogP contribution in [0.1, 0.15) is 24.9 Å². The summed E-state index contributed by atoms with van der Waals surface area (Å²) in [6.07, 6.45) is 1.66. The van der Waals surface area contributed by atoms with Crippen LogP contribution in [0.2, 0.25) is 0 Å². The van der Waals surface area contributed by atoms with Gasteiger partial charge < -0.3 is 29.2 Å². The predicted molar refractivity (Wildman–Crippen MR) is 146 cm³/mol. The molecule has 11 heteroatoms. The maximum atomic E-state index is 13.3. The summed E-state index contributed by atoms with van der Waals surface area (Å²) in [6, 6.07) is 4.84. The average Bonchev–Trinajstić information content (AvgIpc) is 3.32. The Bertz CT molecular complexity index is 1160. The van der Waals surface area contributed by atoms with Gasteiger partial charge in [0.2, 0.25) is 5.91 Å². The summed E-state index contributed by atoms with van der Waals surface area (Å²) in [4.78, 5) is 35.1. The van der Waals surface area contributed by atoms with Gasteiger partial charge in [-0.05, 0) is 24.5 Å². The molecule has 10 nitrogen and oxygen atoms in total. The lowest BCUT2D eigenvalue weighted by atomic mass is 9.93. The molecule has 0 aliphatic carbocycles. The Kier molecular flexibility index (Phi) is 9.48. The summed E-state index contributed by atoms with van der Waals surface area (Å²) in [5.74, 6) is 0.565. The first-order valence-corrected chi connectivity index (χ1v) is 13.4. The van der Waals surface area contributed by atoms with E-state index in [0.29, 0.717) is 34.5 Å². The fraction of sp³-hybridized carbons (Fsp3) is 0.444. The number of allylic oxidation sites excluding steroid dienone is 1. The number of morpholine rings is 1. The van der Waals surface area contributed by atoms with Crippen LogP contribution in [0.4, 0.5) is 0 Å². The lowest BCUT2D eigenvalue weighted by Gasteiger charge is -2.36. The second-order valence-electron chi connectivity index (χ2n) is 8.87. The summed E-state index contributed by atoms with van der Waals surface area (Å²) in [5, 5.41) is 5.61. The number of hydrogen-bond donors (Lipinski definition) is 1. The van der Waals surface area contributed by atoms with Crippen molar-refractivity contribution in [3.05, 3.63) is 58.8 Å². The van der Waals surface area contributed by atoms with E-state index in [1.807, 2.05) is 22.4 Å². The number of nitrogens with zero attached hydrogens (tertiary/aromatic N) is 3. The number of aliphatic imine (C=N–C) groups is 1. The van der Waals surface area contributed by atoms with E-state index in [1.165, 1.54) is 17.8 Å². The number of rotatable bonds is 11. The van der Waals surface area contributed by atoms with Crippen LogP contribution in [0.5, 0.6) is 11.5 Å². The van der Waals surface area contributed by atoms with Crippen molar-refractivity contribution in [1.29, 1.82) is 0 Å². The van der Waals surface area contributed by atoms with E-state index < -0.39 is 12.0 Å². The first-order chi connectivity index (χ1) is 18.5. The topological polar surface area (TPSA) is 102 Å². The SMILES string of the molecule is C=CCOC(=O)C1=C(C)N=C2SC=C(CC(=O)NCCN3CCOCC3)N2[C@H]1c1ccc(OC)cc1OC. The molecular formula is C27H34N4O6S. The molecule has 0 spiro atoms. The number of esters is 1. The molecule has 3 aliphatic rings. The largest absolute Gasteiger partial charge is 0.497 e. The number of thioether (sulfide) groups is 1. The zero-order valence-electron chi connectivity index (χ0n) is 22.0. The van der Waals surface area contributed by atoms with Gasteiger partial charge in [0.1, 0.15) is 18.1 Å². The number of carbonyl (C=O) groups is 2. The average molecular weight is 543 g/mol. The number of ether oxygens (including phenoxy) is 4. The van der Waals surface area contributed by atoms with Crippen LogP contribution in [-0.2, 0) is 19.1 Å². The lowest BCUT2D eigenvalue weighted by Crippen LogP contribution is -2.42. The molecule has 1 aromatic carbocycles. The normalized spacial score (nSPS) is 19.3. The molecular weight excluding hydrogens is 508 g/mol. The summed E-state index contributed by atoms with van der Waals surface area (Å²) >= 11 is 1.42. The summed E-state index contributed by atoms with van der Waals surface area (Å²) in [7, 11) is 3.15. The molecule has 1 amide bonds. The van der Waals surface area contributed by atoms with Crippen molar-refractivity contribution < 1.29 is 28.5 Å². The molecule has 204 valence electrons. The Balaban J connectivity index is 1.59. The molecule has 0 aromatic heterocycles. The number of methoxy groups -OCH3 is 2. The molecule has 1 saturated heterocycles. The van der Waals surface area contributed by atoms with Gasteiger partial charge in [-0.1, -0.05) is 24.4 Å². The van der Waals surface area contributed by atoms with Gasteiger partial charge in [0.15, 0.2) is 5.17 Å². The molecule has 1 N–H and O–H groups in total. The minimum absolute atomic E-state index is 0.0711. The molecule has 0 radical (unpaired) electrons. The van der Waals surface area contributed by atoms with Gasteiger partial charge in [-0.3, -0.25) is 9.69 Å². The summed E-state index contributed by atoms with van der Waals surface area (Å²) in [5.41, 5.74) is 2.39. The van der Waals surface area contributed by atoms with E-state index in [0.717, 1.165) is 44.1 Å². The van der Waals surface area contributed by atoms with E-state index in [1.54, 1.807) is 27.2 Å². The maximum Gasteiger partial charge on any atom is 0.338 e. The number of amidine groups is 1. The van der Waals surface area contributed by atoms with Gasteiger partial charge in [0.25, 0.3) is 0 Å². The van der Waals surface area contributed by atoms with Gasteiger partial charge in [0, 0.05) is 43.5 Å². The van der Waals surface area contributed by atoms with Crippen molar-refractivity contribution in [2.45, 2.75) is 19.4 Å². The van der Waals surface area contributed by atoms with Crippen LogP contribution in [0.25, 0.3) is 0 Å². The van der Waals surface area contributed by atoms with Gasteiger partial charge in [-0.25, -0.2) is 9.79 Å². The van der Waals surface area contributed by atoms with Crippen molar-refractivity contribution in [1.82, 2.24) is 15.1 Å². The Morgan fingerprint density at radius 1 is 1.26 bits per heavy atom. The molecule has 1 aromatic rings. The van der Waals surface area contributed by atoms with Gasteiger partial charge in [-0.15, -0.1) is 0 Å². The van der Waals surface area contributed by atoms with Crippen LogP contribution in [0.15, 0.2) is 58.2 Å². The van der Waals surface area contributed by atoms with Gasteiger partial charge >= 0.3 is 5.97 Å². The van der Waals surface area contributed by atoms with Crippen molar-refractivity contribution in [2.75, 3.05) is 60.2 Å². The fourth-order valence-corrected chi connectivity index (χ4v) is 5.55. The number of benzene rings is 1. The zero-order valence-corrected chi connectivity index (χ0v) is 22.8. The summed E-state index contributed by atoms with van der Waals surface area (Å²) < 4.78 is 21.9. The standard InChI is InChI=1S/C27H34N4O6S/c1-5-12-37-26(33)24-18(2)29-27-31(25(24)21-7-6-20(34-3)16-22(21)35-4)19(17-38-27)15-23(32)28-8-9-30-10-13-36-14-11-30/h5-7,16-17,25H,1,8-15H2,2-4H3,(H,28,32)/t25-/m0/s1. The minimum atomic E-state index is -0.608. The highest BCUT2D eigenvalue weighted by Gasteiger charge is 2.42. The highest BCUT2D eigenvalue weighted by molar-refractivity contribution is 8.16. The fourth-order valence-electron chi connectivity index (χ4n) is 4.59. The summed E-state index contributed by atoms with van der Waals surface area (Å²) in [6.45, 7) is 9.99. The van der Waals surface area contributed by atoms with Crippen molar-refractivity contribution >= 4 is 28.8 Å². The van der Waals surface area contributed by atoms with Gasteiger partial charge in [-0.2, -0.15) is 0 Å².